The summed E-state index contributed by atoms with van der Waals surface area (Å²) in [6.45, 7) is 2.07. The number of rotatable bonds is 4. The maximum Gasteiger partial charge on any atom is 0.162 e. The van der Waals surface area contributed by atoms with Crippen molar-refractivity contribution in [1.29, 1.82) is 0 Å². The predicted molar refractivity (Wildman–Crippen MR) is 124 cm³/mol. The van der Waals surface area contributed by atoms with Crippen LogP contribution in [0.5, 0.6) is 5.75 Å². The number of methoxy groups -OCH3 is 1. The molecule has 4 aromatic heterocycles. The van der Waals surface area contributed by atoms with E-state index >= 15 is 0 Å². The fourth-order valence-corrected chi connectivity index (χ4v) is 4.47. The van der Waals surface area contributed by atoms with Crippen LogP contribution in [-0.2, 0) is 0 Å². The van der Waals surface area contributed by atoms with Gasteiger partial charge in [-0.1, -0.05) is 12.1 Å². The molecule has 8 nitrogen and oxygen atoms in total. The monoisotopic (exact) mass is 425 g/mol. The molecule has 0 radical (unpaired) electrons. The minimum atomic E-state index is 0.473. The molecule has 0 unspecified atom stereocenters. The van der Waals surface area contributed by atoms with Crippen molar-refractivity contribution in [2.24, 2.45) is 0 Å². The van der Waals surface area contributed by atoms with Crippen LogP contribution in [0.1, 0.15) is 24.5 Å². The molecule has 8 heteroatoms. The first-order valence-electron chi connectivity index (χ1n) is 10.9. The van der Waals surface area contributed by atoms with Gasteiger partial charge < -0.3 is 15.0 Å². The average molecular weight is 425 g/mol. The van der Waals surface area contributed by atoms with Crippen LogP contribution in [0.15, 0.2) is 48.7 Å². The van der Waals surface area contributed by atoms with Crippen molar-refractivity contribution >= 4 is 22.2 Å². The van der Waals surface area contributed by atoms with Crippen LogP contribution in [0.25, 0.3) is 44.8 Å². The van der Waals surface area contributed by atoms with Crippen molar-refractivity contribution in [3.63, 3.8) is 0 Å². The minimum absolute atomic E-state index is 0.473. The Labute approximate surface area is 184 Å². The van der Waals surface area contributed by atoms with Gasteiger partial charge in [-0.2, -0.15) is 5.10 Å². The molecular formula is C24H23N7O. The maximum absolute atomic E-state index is 5.39. The van der Waals surface area contributed by atoms with E-state index in [0.29, 0.717) is 23.1 Å². The number of imidazole rings is 1. The van der Waals surface area contributed by atoms with Crippen molar-refractivity contribution in [2.45, 2.75) is 18.8 Å². The third-order valence-electron chi connectivity index (χ3n) is 6.18. The fourth-order valence-electron chi connectivity index (χ4n) is 4.47. The highest BCUT2D eigenvalue weighted by Gasteiger charge is 2.20. The molecule has 0 atom stereocenters. The van der Waals surface area contributed by atoms with Gasteiger partial charge in [0.1, 0.15) is 16.8 Å². The minimum Gasteiger partial charge on any atom is -0.497 e. The molecule has 1 fully saturated rings. The van der Waals surface area contributed by atoms with E-state index in [1.165, 1.54) is 0 Å². The fraction of sp³-hybridized carbons (Fsp3) is 0.250. The molecule has 0 aliphatic carbocycles. The zero-order valence-corrected chi connectivity index (χ0v) is 17.7. The van der Waals surface area contributed by atoms with E-state index in [1.807, 2.05) is 30.3 Å². The highest BCUT2D eigenvalue weighted by molar-refractivity contribution is 5.94. The zero-order valence-electron chi connectivity index (χ0n) is 17.7. The van der Waals surface area contributed by atoms with Crippen molar-refractivity contribution in [2.75, 3.05) is 20.2 Å². The largest absolute Gasteiger partial charge is 0.497 e. The first kappa shape index (κ1) is 18.9. The number of hydrogen-bond acceptors (Lipinski definition) is 6. The number of ether oxygens (including phenoxy) is 1. The van der Waals surface area contributed by atoms with Gasteiger partial charge in [0.05, 0.1) is 12.6 Å². The Morgan fingerprint density at radius 2 is 1.91 bits per heavy atom. The summed E-state index contributed by atoms with van der Waals surface area (Å²) >= 11 is 0. The van der Waals surface area contributed by atoms with Gasteiger partial charge in [0.2, 0.25) is 0 Å². The molecule has 6 rings (SSSR count). The SMILES string of the molecule is COc1cccc(-c2ccnc3[nH]c(-c4n[nH]c5ccc(C6CCNCC6)nc45)nc23)c1. The Bertz CT molecular complexity index is 1410. The summed E-state index contributed by atoms with van der Waals surface area (Å²) in [6, 6.07) is 14.1. The van der Waals surface area contributed by atoms with Gasteiger partial charge in [0.15, 0.2) is 17.2 Å². The quantitative estimate of drug-likeness (QED) is 0.401. The van der Waals surface area contributed by atoms with Gasteiger partial charge in [-0.25, -0.2) is 15.0 Å². The number of nitrogens with one attached hydrogen (secondary N) is 3. The first-order valence-corrected chi connectivity index (χ1v) is 10.9. The topological polar surface area (TPSA) is 104 Å². The Hall–Kier alpha value is -3.78. The highest BCUT2D eigenvalue weighted by atomic mass is 16.5. The van der Waals surface area contributed by atoms with E-state index in [4.69, 9.17) is 14.7 Å². The molecule has 1 aliphatic heterocycles. The van der Waals surface area contributed by atoms with Crippen LogP contribution in [0.3, 0.4) is 0 Å². The van der Waals surface area contributed by atoms with Crippen LogP contribution < -0.4 is 10.1 Å². The molecule has 5 heterocycles. The lowest BCUT2D eigenvalue weighted by atomic mass is 9.94. The smallest absolute Gasteiger partial charge is 0.162 e. The van der Waals surface area contributed by atoms with E-state index in [2.05, 4.69) is 37.6 Å². The summed E-state index contributed by atoms with van der Waals surface area (Å²) in [5.41, 5.74) is 7.08. The summed E-state index contributed by atoms with van der Waals surface area (Å²) in [6.07, 6.45) is 3.99. The second-order valence-electron chi connectivity index (χ2n) is 8.10. The maximum atomic E-state index is 5.39. The number of pyridine rings is 2. The van der Waals surface area contributed by atoms with Gasteiger partial charge in [0, 0.05) is 23.4 Å². The molecule has 160 valence electrons. The molecule has 0 amide bonds. The van der Waals surface area contributed by atoms with Gasteiger partial charge >= 0.3 is 0 Å². The standard InChI is InChI=1S/C24H23N7O/c1-32-16-4-2-3-15(13-16)17-9-12-26-23-20(17)28-24(29-23)22-21-19(30-31-22)6-5-18(27-21)14-7-10-25-11-8-14/h2-6,9,12-14,25H,7-8,10-11H2,1H3,(H,30,31)(H,26,28,29). The van der Waals surface area contributed by atoms with Crippen molar-refractivity contribution < 1.29 is 4.74 Å². The molecule has 1 aliphatic rings. The second-order valence-corrected chi connectivity index (χ2v) is 8.10. The lowest BCUT2D eigenvalue weighted by Gasteiger charge is -2.22. The van der Waals surface area contributed by atoms with Gasteiger partial charge in [-0.05, 0) is 61.8 Å². The molecule has 5 aromatic rings. The van der Waals surface area contributed by atoms with E-state index in [0.717, 1.165) is 65.1 Å². The van der Waals surface area contributed by atoms with Crippen LogP contribution in [0.4, 0.5) is 0 Å². The molecule has 0 saturated carbocycles. The number of fused-ring (bicyclic) bond motifs is 2. The first-order chi connectivity index (χ1) is 15.8. The lowest BCUT2D eigenvalue weighted by Crippen LogP contribution is -2.27. The number of benzene rings is 1. The summed E-state index contributed by atoms with van der Waals surface area (Å²) in [5.74, 6) is 1.93. The van der Waals surface area contributed by atoms with Crippen LogP contribution in [0, 0.1) is 0 Å². The van der Waals surface area contributed by atoms with Crippen molar-refractivity contribution in [3.8, 4) is 28.4 Å². The molecule has 32 heavy (non-hydrogen) atoms. The summed E-state index contributed by atoms with van der Waals surface area (Å²) < 4.78 is 5.39. The van der Waals surface area contributed by atoms with E-state index < -0.39 is 0 Å². The molecule has 0 bridgehead atoms. The van der Waals surface area contributed by atoms with E-state index in [1.54, 1.807) is 13.3 Å². The van der Waals surface area contributed by atoms with Gasteiger partial charge in [-0.15, -0.1) is 0 Å². The summed E-state index contributed by atoms with van der Waals surface area (Å²) in [4.78, 5) is 17.7. The second kappa shape index (κ2) is 7.72. The number of H-pyrrole nitrogens is 2. The normalized spacial score (nSPS) is 14.9. The Morgan fingerprint density at radius 1 is 1.00 bits per heavy atom. The summed E-state index contributed by atoms with van der Waals surface area (Å²) in [7, 11) is 1.67. The zero-order chi connectivity index (χ0) is 21.5. The predicted octanol–water partition coefficient (Wildman–Crippen LogP) is 4.04. The lowest BCUT2D eigenvalue weighted by molar-refractivity contribution is 0.415. The third kappa shape index (κ3) is 3.20. The van der Waals surface area contributed by atoms with Crippen molar-refractivity contribution in [1.82, 2.24) is 35.5 Å². The van der Waals surface area contributed by atoms with Gasteiger partial charge in [0.25, 0.3) is 0 Å². The molecule has 1 aromatic carbocycles. The Kier molecular flexibility index (Phi) is 4.57. The molecule has 3 N–H and O–H groups in total. The average Bonchev–Trinajstić information content (AvgIpc) is 3.48. The Morgan fingerprint density at radius 3 is 2.78 bits per heavy atom. The molecular weight excluding hydrogens is 402 g/mol. The molecule has 0 spiro atoms. The van der Waals surface area contributed by atoms with Crippen LogP contribution in [0.2, 0.25) is 0 Å². The van der Waals surface area contributed by atoms with Crippen LogP contribution in [-0.4, -0.2) is 50.3 Å². The van der Waals surface area contributed by atoms with Crippen molar-refractivity contribution in [3.05, 3.63) is 54.4 Å². The number of aromatic nitrogens is 6. The van der Waals surface area contributed by atoms with Gasteiger partial charge in [-0.3, -0.25) is 5.10 Å². The van der Waals surface area contributed by atoms with Crippen LogP contribution >= 0.6 is 0 Å². The molecule has 1 saturated heterocycles. The third-order valence-corrected chi connectivity index (χ3v) is 6.18. The Balaban J connectivity index is 1.45. The summed E-state index contributed by atoms with van der Waals surface area (Å²) in [5, 5.41) is 11.1. The number of piperidine rings is 1. The highest BCUT2D eigenvalue weighted by Crippen LogP contribution is 2.32. The number of aromatic amines is 2. The number of nitrogens with zero attached hydrogens (tertiary/aromatic N) is 4. The van der Waals surface area contributed by atoms with E-state index in [-0.39, 0.29) is 0 Å². The van der Waals surface area contributed by atoms with E-state index in [9.17, 15) is 0 Å². The number of hydrogen-bond donors (Lipinski definition) is 3.